The number of carboxylic acids is 1. The minimum atomic E-state index is -1.13. The van der Waals surface area contributed by atoms with E-state index in [1.807, 2.05) is 36.4 Å². The van der Waals surface area contributed by atoms with E-state index < -0.39 is 30.1 Å². The largest absolute Gasteiger partial charge is 0.480 e. The van der Waals surface area contributed by atoms with Gasteiger partial charge in [-0.2, -0.15) is 0 Å². The third-order valence-electron chi connectivity index (χ3n) is 5.72. The van der Waals surface area contributed by atoms with Crippen LogP contribution >= 0.6 is 0 Å². The summed E-state index contributed by atoms with van der Waals surface area (Å²) in [5.74, 6) is -1.69. The quantitative estimate of drug-likeness (QED) is 0.653. The van der Waals surface area contributed by atoms with Crippen LogP contribution in [0.2, 0.25) is 0 Å². The average molecular weight is 408 g/mol. The summed E-state index contributed by atoms with van der Waals surface area (Å²) in [6.07, 6.45) is 0.943. The molecule has 3 N–H and O–H groups in total. The lowest BCUT2D eigenvalue weighted by Crippen LogP contribution is -2.52. The number of nitrogens with one attached hydrogen (secondary N) is 2. The smallest absolute Gasteiger partial charge is 0.407 e. The summed E-state index contributed by atoms with van der Waals surface area (Å²) in [7, 11) is 0. The van der Waals surface area contributed by atoms with Crippen LogP contribution in [0.25, 0.3) is 11.1 Å². The van der Waals surface area contributed by atoms with Crippen molar-refractivity contribution in [2.75, 3.05) is 6.61 Å². The first-order valence-corrected chi connectivity index (χ1v) is 10.1. The molecule has 30 heavy (non-hydrogen) atoms. The molecule has 1 fully saturated rings. The minimum absolute atomic E-state index is 0.00600. The van der Waals surface area contributed by atoms with Crippen molar-refractivity contribution in [1.82, 2.24) is 10.6 Å². The average Bonchev–Trinajstić information content (AvgIpc) is 3.53. The Balaban J connectivity index is 1.41. The molecule has 0 heterocycles. The fourth-order valence-corrected chi connectivity index (χ4v) is 3.96. The lowest BCUT2D eigenvalue weighted by Gasteiger charge is -2.20. The van der Waals surface area contributed by atoms with Crippen molar-refractivity contribution in [3.05, 3.63) is 59.7 Å². The standard InChI is InChI=1S/C23H24N2O5/c1-13(22(27)28)24-21(26)20(14-10-11-14)25-23(29)30-12-19-17-8-4-2-6-15(17)16-7-3-5-9-18(16)19/h2-9,13-14,19-20H,10-12H2,1H3,(H,24,26)(H,25,29)(H,27,28)/t13-,20?/m0/s1. The molecule has 0 aliphatic heterocycles. The topological polar surface area (TPSA) is 105 Å². The zero-order valence-corrected chi connectivity index (χ0v) is 16.6. The number of ether oxygens (including phenoxy) is 1. The van der Waals surface area contributed by atoms with Crippen LogP contribution in [0.4, 0.5) is 4.79 Å². The first-order valence-electron chi connectivity index (χ1n) is 10.1. The Hall–Kier alpha value is -3.35. The molecule has 0 saturated heterocycles. The van der Waals surface area contributed by atoms with Gasteiger partial charge in [0.2, 0.25) is 5.91 Å². The number of aliphatic carboxylic acids is 1. The highest BCUT2D eigenvalue weighted by molar-refractivity contribution is 5.89. The summed E-state index contributed by atoms with van der Waals surface area (Å²) < 4.78 is 5.50. The number of benzene rings is 2. The van der Waals surface area contributed by atoms with Crippen molar-refractivity contribution >= 4 is 18.0 Å². The maximum Gasteiger partial charge on any atom is 0.407 e. The van der Waals surface area contributed by atoms with Gasteiger partial charge in [0.1, 0.15) is 18.7 Å². The van der Waals surface area contributed by atoms with Gasteiger partial charge < -0.3 is 20.5 Å². The number of amides is 2. The Kier molecular flexibility index (Phi) is 5.44. The molecule has 7 nitrogen and oxygen atoms in total. The Morgan fingerprint density at radius 1 is 1.00 bits per heavy atom. The SMILES string of the molecule is C[C@H](NC(=O)C(NC(=O)OCC1c2ccccc2-c2ccccc21)C1CC1)C(=O)O. The number of rotatable bonds is 7. The van der Waals surface area contributed by atoms with Gasteiger partial charge in [0, 0.05) is 5.92 Å². The van der Waals surface area contributed by atoms with Crippen LogP contribution in [-0.4, -0.2) is 41.8 Å². The van der Waals surface area contributed by atoms with Crippen LogP contribution < -0.4 is 10.6 Å². The first kappa shape index (κ1) is 19.9. The van der Waals surface area contributed by atoms with Crippen molar-refractivity contribution in [3.63, 3.8) is 0 Å². The van der Waals surface area contributed by atoms with Gasteiger partial charge in [-0.1, -0.05) is 48.5 Å². The summed E-state index contributed by atoms with van der Waals surface area (Å²) >= 11 is 0. The normalized spacial score (nSPS) is 16.7. The fourth-order valence-electron chi connectivity index (χ4n) is 3.96. The van der Waals surface area contributed by atoms with Gasteiger partial charge in [0.15, 0.2) is 0 Å². The summed E-state index contributed by atoms with van der Waals surface area (Å²) in [4.78, 5) is 35.9. The predicted molar refractivity (Wildman–Crippen MR) is 110 cm³/mol. The molecule has 2 aromatic carbocycles. The van der Waals surface area contributed by atoms with E-state index in [1.165, 1.54) is 6.92 Å². The predicted octanol–water partition coefficient (Wildman–Crippen LogP) is 2.89. The Morgan fingerprint density at radius 3 is 2.10 bits per heavy atom. The zero-order chi connectivity index (χ0) is 21.3. The number of alkyl carbamates (subject to hydrolysis) is 1. The van der Waals surface area contributed by atoms with Gasteiger partial charge in [-0.05, 0) is 47.9 Å². The van der Waals surface area contributed by atoms with Gasteiger partial charge in [-0.25, -0.2) is 4.79 Å². The number of hydrogen-bond acceptors (Lipinski definition) is 4. The Labute approximate surface area is 174 Å². The van der Waals surface area contributed by atoms with Crippen molar-refractivity contribution < 1.29 is 24.2 Å². The molecule has 0 aromatic heterocycles. The van der Waals surface area contributed by atoms with E-state index in [4.69, 9.17) is 9.84 Å². The highest BCUT2D eigenvalue weighted by atomic mass is 16.5. The highest BCUT2D eigenvalue weighted by Crippen LogP contribution is 2.44. The van der Waals surface area contributed by atoms with Gasteiger partial charge in [-0.3, -0.25) is 9.59 Å². The van der Waals surface area contributed by atoms with Crippen LogP contribution in [0.3, 0.4) is 0 Å². The monoisotopic (exact) mass is 408 g/mol. The van der Waals surface area contributed by atoms with Crippen LogP contribution in [0.5, 0.6) is 0 Å². The number of carboxylic acid groups (broad SMARTS) is 1. The molecule has 1 unspecified atom stereocenters. The number of hydrogen-bond donors (Lipinski definition) is 3. The third-order valence-corrected chi connectivity index (χ3v) is 5.72. The van der Waals surface area contributed by atoms with Crippen LogP contribution in [-0.2, 0) is 14.3 Å². The lowest BCUT2D eigenvalue weighted by molar-refractivity contribution is -0.141. The van der Waals surface area contributed by atoms with Crippen molar-refractivity contribution in [2.45, 2.75) is 37.8 Å². The zero-order valence-electron chi connectivity index (χ0n) is 16.6. The summed E-state index contributed by atoms with van der Waals surface area (Å²) in [5, 5.41) is 14.0. The molecule has 1 saturated carbocycles. The number of fused-ring (bicyclic) bond motifs is 3. The second-order valence-corrected chi connectivity index (χ2v) is 7.85. The Morgan fingerprint density at radius 2 is 1.57 bits per heavy atom. The molecule has 0 spiro atoms. The van der Waals surface area contributed by atoms with E-state index in [9.17, 15) is 14.4 Å². The molecule has 0 radical (unpaired) electrons. The molecule has 2 aliphatic carbocycles. The van der Waals surface area contributed by atoms with Gasteiger partial charge in [-0.15, -0.1) is 0 Å². The van der Waals surface area contributed by atoms with E-state index in [0.717, 1.165) is 35.1 Å². The van der Waals surface area contributed by atoms with Gasteiger partial charge in [0.05, 0.1) is 0 Å². The Bertz CT molecular complexity index is 940. The molecule has 2 aliphatic rings. The van der Waals surface area contributed by atoms with Gasteiger partial charge in [0.25, 0.3) is 0 Å². The van der Waals surface area contributed by atoms with E-state index in [0.29, 0.717) is 0 Å². The molecule has 156 valence electrons. The number of carbonyl (C=O) groups is 3. The molecule has 4 rings (SSSR count). The van der Waals surface area contributed by atoms with Crippen molar-refractivity contribution in [1.29, 1.82) is 0 Å². The fraction of sp³-hybridized carbons (Fsp3) is 0.348. The van der Waals surface area contributed by atoms with E-state index >= 15 is 0 Å². The van der Waals surface area contributed by atoms with Crippen molar-refractivity contribution in [3.8, 4) is 11.1 Å². The molecule has 2 atom stereocenters. The van der Waals surface area contributed by atoms with E-state index in [-0.39, 0.29) is 18.4 Å². The van der Waals surface area contributed by atoms with E-state index in [2.05, 4.69) is 22.8 Å². The number of carbonyl (C=O) groups excluding carboxylic acids is 2. The van der Waals surface area contributed by atoms with Crippen molar-refractivity contribution in [2.24, 2.45) is 5.92 Å². The third kappa shape index (κ3) is 4.01. The first-order chi connectivity index (χ1) is 14.5. The summed E-state index contributed by atoms with van der Waals surface area (Å²) in [6.45, 7) is 1.54. The molecular formula is C23H24N2O5. The molecule has 2 amide bonds. The maximum atomic E-state index is 12.5. The molecule has 0 bridgehead atoms. The van der Waals surface area contributed by atoms with E-state index in [1.54, 1.807) is 0 Å². The van der Waals surface area contributed by atoms with Gasteiger partial charge >= 0.3 is 12.1 Å². The summed E-state index contributed by atoms with van der Waals surface area (Å²) in [5.41, 5.74) is 4.50. The maximum absolute atomic E-state index is 12.5. The van der Waals surface area contributed by atoms with Crippen LogP contribution in [0, 0.1) is 5.92 Å². The van der Waals surface area contributed by atoms with Crippen LogP contribution in [0.1, 0.15) is 36.8 Å². The highest BCUT2D eigenvalue weighted by Gasteiger charge is 2.39. The molecule has 2 aromatic rings. The molecule has 7 heteroatoms. The van der Waals surface area contributed by atoms with Crippen LogP contribution in [0.15, 0.2) is 48.5 Å². The lowest BCUT2D eigenvalue weighted by atomic mass is 9.98. The summed E-state index contributed by atoms with van der Waals surface area (Å²) in [6, 6.07) is 14.3. The second-order valence-electron chi connectivity index (χ2n) is 7.85. The molecular weight excluding hydrogens is 384 g/mol. The second kappa shape index (κ2) is 8.18. The minimum Gasteiger partial charge on any atom is -0.480 e.